The van der Waals surface area contributed by atoms with Crippen molar-refractivity contribution in [1.82, 2.24) is 20.2 Å². The molecule has 4 nitrogen and oxygen atoms in total. The normalized spacial score (nSPS) is 29.5. The summed E-state index contributed by atoms with van der Waals surface area (Å²) in [5, 5.41) is 3.70. The van der Waals surface area contributed by atoms with Crippen molar-refractivity contribution in [1.29, 1.82) is 0 Å². The molecule has 110 valence electrons. The molecule has 2 fully saturated rings. The van der Waals surface area contributed by atoms with Gasteiger partial charge in [0.15, 0.2) is 0 Å². The summed E-state index contributed by atoms with van der Waals surface area (Å²) >= 11 is 0. The quantitative estimate of drug-likeness (QED) is 0.919. The Kier molecular flexibility index (Phi) is 4.32. The van der Waals surface area contributed by atoms with Crippen LogP contribution in [0.5, 0.6) is 0 Å². The van der Waals surface area contributed by atoms with Crippen molar-refractivity contribution < 1.29 is 0 Å². The number of aromatic nitrogens is 2. The molecule has 0 spiro atoms. The van der Waals surface area contributed by atoms with Crippen LogP contribution < -0.4 is 5.32 Å². The first-order valence-electron chi connectivity index (χ1n) is 8.04. The van der Waals surface area contributed by atoms with Crippen LogP contribution in [0.1, 0.15) is 56.5 Å². The Balaban J connectivity index is 1.80. The molecule has 2 saturated heterocycles. The zero-order chi connectivity index (χ0) is 13.9. The van der Waals surface area contributed by atoms with Crippen LogP contribution in [0.15, 0.2) is 12.4 Å². The highest BCUT2D eigenvalue weighted by molar-refractivity contribution is 5.13. The number of likely N-dealkylation sites (tertiary alicyclic amines) is 1. The van der Waals surface area contributed by atoms with Crippen LogP contribution in [0.25, 0.3) is 0 Å². The van der Waals surface area contributed by atoms with Gasteiger partial charge >= 0.3 is 0 Å². The Morgan fingerprint density at radius 3 is 2.80 bits per heavy atom. The van der Waals surface area contributed by atoms with Crippen molar-refractivity contribution in [2.75, 3.05) is 13.1 Å². The molecule has 3 atom stereocenters. The van der Waals surface area contributed by atoms with E-state index in [-0.39, 0.29) is 0 Å². The molecule has 1 aromatic rings. The van der Waals surface area contributed by atoms with Crippen molar-refractivity contribution in [3.05, 3.63) is 23.8 Å². The lowest BCUT2D eigenvalue weighted by atomic mass is 9.92. The number of aryl methyl sites for hydroxylation is 1. The summed E-state index contributed by atoms with van der Waals surface area (Å²) in [4.78, 5) is 11.7. The van der Waals surface area contributed by atoms with Crippen LogP contribution in [0.3, 0.4) is 0 Å². The number of hydrogen-bond donors (Lipinski definition) is 1. The third-order valence-corrected chi connectivity index (χ3v) is 4.97. The summed E-state index contributed by atoms with van der Waals surface area (Å²) in [6.07, 6.45) is 10.3. The lowest BCUT2D eigenvalue weighted by Crippen LogP contribution is -2.51. The maximum absolute atomic E-state index is 4.59. The molecule has 1 N–H and O–H groups in total. The highest BCUT2D eigenvalue weighted by Crippen LogP contribution is 2.31. The minimum absolute atomic E-state index is 0.372. The van der Waals surface area contributed by atoms with E-state index in [1.54, 1.807) is 6.20 Å². The van der Waals surface area contributed by atoms with Crippen molar-refractivity contribution in [3.8, 4) is 0 Å². The van der Waals surface area contributed by atoms with E-state index in [1.807, 2.05) is 6.20 Å². The molecule has 3 rings (SSSR count). The molecular formula is C16H26N4. The average molecular weight is 274 g/mol. The highest BCUT2D eigenvalue weighted by atomic mass is 15.2. The van der Waals surface area contributed by atoms with Crippen molar-refractivity contribution in [2.45, 2.75) is 64.1 Å². The monoisotopic (exact) mass is 274 g/mol. The Hall–Kier alpha value is -1.00. The summed E-state index contributed by atoms with van der Waals surface area (Å²) in [5.74, 6) is 0. The lowest BCUT2D eigenvalue weighted by molar-refractivity contribution is 0.0780. The fraction of sp³-hybridized carbons (Fsp3) is 0.750. The third-order valence-electron chi connectivity index (χ3n) is 4.97. The van der Waals surface area contributed by atoms with Gasteiger partial charge in [0, 0.05) is 24.5 Å². The SMILES string of the molecule is Cc1nccnc1C(C)N1CCCCC1C1CCCN1. The van der Waals surface area contributed by atoms with Crippen LogP contribution in [0, 0.1) is 6.92 Å². The number of rotatable bonds is 3. The lowest BCUT2D eigenvalue weighted by Gasteiger charge is -2.42. The van der Waals surface area contributed by atoms with Crippen molar-refractivity contribution in [2.24, 2.45) is 0 Å². The Labute approximate surface area is 122 Å². The third kappa shape index (κ3) is 2.72. The van der Waals surface area contributed by atoms with Gasteiger partial charge in [-0.2, -0.15) is 0 Å². The fourth-order valence-corrected chi connectivity index (χ4v) is 3.92. The molecule has 2 aliphatic rings. The van der Waals surface area contributed by atoms with Crippen LogP contribution in [0.2, 0.25) is 0 Å². The van der Waals surface area contributed by atoms with Crippen LogP contribution in [-0.2, 0) is 0 Å². The number of nitrogens with zero attached hydrogens (tertiary/aromatic N) is 3. The Bertz CT molecular complexity index is 442. The van der Waals surface area contributed by atoms with Crippen LogP contribution >= 0.6 is 0 Å². The largest absolute Gasteiger partial charge is 0.312 e. The fourth-order valence-electron chi connectivity index (χ4n) is 3.92. The van der Waals surface area contributed by atoms with Gasteiger partial charge in [-0.3, -0.25) is 14.9 Å². The standard InChI is InChI=1S/C16H26N4/c1-12-16(19-10-9-17-12)13(2)20-11-4-3-7-15(20)14-6-5-8-18-14/h9-10,13-15,18H,3-8,11H2,1-2H3. The summed E-state index contributed by atoms with van der Waals surface area (Å²) in [5.41, 5.74) is 2.22. The Morgan fingerprint density at radius 2 is 2.05 bits per heavy atom. The number of nitrogens with one attached hydrogen (secondary N) is 1. The van der Waals surface area contributed by atoms with Gasteiger partial charge in [0.25, 0.3) is 0 Å². The summed E-state index contributed by atoms with van der Waals surface area (Å²) in [7, 11) is 0. The van der Waals surface area contributed by atoms with Gasteiger partial charge in [-0.15, -0.1) is 0 Å². The maximum atomic E-state index is 4.59. The van der Waals surface area contributed by atoms with E-state index in [0.29, 0.717) is 18.1 Å². The van der Waals surface area contributed by atoms with Gasteiger partial charge in [-0.25, -0.2) is 0 Å². The second-order valence-electron chi connectivity index (χ2n) is 6.21. The molecule has 1 aromatic heterocycles. The topological polar surface area (TPSA) is 41.1 Å². The second kappa shape index (κ2) is 6.19. The Morgan fingerprint density at radius 1 is 1.20 bits per heavy atom. The van der Waals surface area contributed by atoms with E-state index in [9.17, 15) is 0 Å². The molecule has 3 unspecified atom stereocenters. The van der Waals surface area contributed by atoms with Gasteiger partial charge in [0.2, 0.25) is 0 Å². The zero-order valence-corrected chi connectivity index (χ0v) is 12.7. The first-order chi connectivity index (χ1) is 9.77. The molecule has 0 aromatic carbocycles. The van der Waals surface area contributed by atoms with E-state index >= 15 is 0 Å². The predicted octanol–water partition coefficient (Wildman–Crippen LogP) is 2.45. The van der Waals surface area contributed by atoms with E-state index in [4.69, 9.17) is 0 Å². The summed E-state index contributed by atoms with van der Waals surface area (Å²) in [6.45, 7) is 6.75. The number of hydrogen-bond acceptors (Lipinski definition) is 4. The van der Waals surface area contributed by atoms with E-state index in [2.05, 4.69) is 34.0 Å². The first kappa shape index (κ1) is 14.0. The van der Waals surface area contributed by atoms with Gasteiger partial charge < -0.3 is 5.32 Å². The molecule has 2 aliphatic heterocycles. The highest BCUT2D eigenvalue weighted by Gasteiger charge is 2.35. The smallest absolute Gasteiger partial charge is 0.0784 e. The molecule has 20 heavy (non-hydrogen) atoms. The second-order valence-corrected chi connectivity index (χ2v) is 6.21. The molecule has 0 amide bonds. The summed E-state index contributed by atoms with van der Waals surface area (Å²) < 4.78 is 0. The van der Waals surface area contributed by atoms with Gasteiger partial charge in [-0.1, -0.05) is 6.42 Å². The van der Waals surface area contributed by atoms with Gasteiger partial charge in [-0.05, 0) is 52.6 Å². The van der Waals surface area contributed by atoms with E-state index in [0.717, 1.165) is 11.4 Å². The van der Waals surface area contributed by atoms with E-state index in [1.165, 1.54) is 45.2 Å². The van der Waals surface area contributed by atoms with Gasteiger partial charge in [0.05, 0.1) is 17.4 Å². The molecule has 3 heterocycles. The average Bonchev–Trinajstić information content (AvgIpc) is 3.01. The minimum Gasteiger partial charge on any atom is -0.312 e. The van der Waals surface area contributed by atoms with Crippen LogP contribution in [-0.4, -0.2) is 40.0 Å². The molecule has 0 aliphatic carbocycles. The summed E-state index contributed by atoms with van der Waals surface area (Å²) in [6, 6.07) is 1.72. The molecule has 0 radical (unpaired) electrons. The van der Waals surface area contributed by atoms with Gasteiger partial charge in [0.1, 0.15) is 0 Å². The molecule has 0 saturated carbocycles. The minimum atomic E-state index is 0.372. The van der Waals surface area contributed by atoms with Crippen molar-refractivity contribution >= 4 is 0 Å². The zero-order valence-electron chi connectivity index (χ0n) is 12.7. The molecule has 4 heteroatoms. The first-order valence-corrected chi connectivity index (χ1v) is 8.04. The van der Waals surface area contributed by atoms with E-state index < -0.39 is 0 Å². The van der Waals surface area contributed by atoms with Crippen molar-refractivity contribution in [3.63, 3.8) is 0 Å². The number of piperidine rings is 1. The molecule has 0 bridgehead atoms. The molecular weight excluding hydrogens is 248 g/mol. The van der Waals surface area contributed by atoms with Crippen LogP contribution in [0.4, 0.5) is 0 Å². The predicted molar refractivity (Wildman–Crippen MR) is 80.6 cm³/mol. The maximum Gasteiger partial charge on any atom is 0.0784 e.